The molecular weight excluding hydrogens is 284 g/mol. The van der Waals surface area contributed by atoms with Crippen molar-refractivity contribution in [2.45, 2.75) is 19.4 Å². The van der Waals surface area contributed by atoms with E-state index in [9.17, 15) is 4.79 Å². The van der Waals surface area contributed by atoms with Crippen LogP contribution in [0.5, 0.6) is 0 Å². The number of carbonyl (C=O) groups is 1. The van der Waals surface area contributed by atoms with Gasteiger partial charge in [0.25, 0.3) is 0 Å². The number of aryl methyl sites for hydroxylation is 1. The molecule has 0 aromatic heterocycles. The minimum atomic E-state index is -0.954. The molecule has 1 rings (SSSR count). The van der Waals surface area contributed by atoms with Gasteiger partial charge in [0.1, 0.15) is 6.04 Å². The predicted octanol–water partition coefficient (Wildman–Crippen LogP) is 2.00. The molecule has 0 saturated carbocycles. The van der Waals surface area contributed by atoms with Crippen LogP contribution < -0.4 is 10.6 Å². The Morgan fingerprint density at radius 1 is 1.59 bits per heavy atom. The van der Waals surface area contributed by atoms with Gasteiger partial charge in [-0.15, -0.1) is 0 Å². The summed E-state index contributed by atoms with van der Waals surface area (Å²) < 4.78 is 1.01. The molecule has 0 spiro atoms. The first kappa shape index (κ1) is 14.0. The van der Waals surface area contributed by atoms with Crippen molar-refractivity contribution < 1.29 is 9.90 Å². The Hall–Kier alpha value is -1.07. The standard InChI is InChI=1S/C12H17BrN2O2/c1-8-3-4-9(13)7-11(8)15(2)6-5-10(14)12(16)17/h3-4,7,10H,5-6,14H2,1-2H3,(H,16,17). The Morgan fingerprint density at radius 3 is 2.82 bits per heavy atom. The lowest BCUT2D eigenvalue weighted by Gasteiger charge is -2.22. The molecule has 5 heteroatoms. The molecule has 0 aliphatic rings. The average Bonchev–Trinajstić information content (AvgIpc) is 2.28. The van der Waals surface area contributed by atoms with E-state index in [1.807, 2.05) is 37.1 Å². The fraction of sp³-hybridized carbons (Fsp3) is 0.417. The molecule has 4 nitrogen and oxygen atoms in total. The molecule has 94 valence electrons. The number of carboxylic acids is 1. The van der Waals surface area contributed by atoms with Gasteiger partial charge in [-0.2, -0.15) is 0 Å². The highest BCUT2D eigenvalue weighted by Crippen LogP contribution is 2.23. The number of aliphatic carboxylic acids is 1. The Balaban J connectivity index is 2.66. The second kappa shape index (κ2) is 6.02. The molecule has 1 atom stereocenters. The number of anilines is 1. The Morgan fingerprint density at radius 2 is 2.24 bits per heavy atom. The number of rotatable bonds is 5. The quantitative estimate of drug-likeness (QED) is 0.873. The number of nitrogens with two attached hydrogens (primary N) is 1. The van der Waals surface area contributed by atoms with E-state index in [1.54, 1.807) is 0 Å². The Bertz CT molecular complexity index is 409. The summed E-state index contributed by atoms with van der Waals surface area (Å²) in [5.41, 5.74) is 7.71. The van der Waals surface area contributed by atoms with Crippen LogP contribution >= 0.6 is 15.9 Å². The maximum Gasteiger partial charge on any atom is 0.320 e. The molecule has 0 amide bonds. The summed E-state index contributed by atoms with van der Waals surface area (Å²) in [6.07, 6.45) is 0.428. The van der Waals surface area contributed by atoms with Crippen molar-refractivity contribution in [3.8, 4) is 0 Å². The van der Waals surface area contributed by atoms with Crippen molar-refractivity contribution in [3.63, 3.8) is 0 Å². The molecule has 17 heavy (non-hydrogen) atoms. The van der Waals surface area contributed by atoms with Crippen LogP contribution in [-0.4, -0.2) is 30.7 Å². The summed E-state index contributed by atoms with van der Waals surface area (Å²) in [5, 5.41) is 8.71. The van der Waals surface area contributed by atoms with Crippen LogP contribution in [0.1, 0.15) is 12.0 Å². The summed E-state index contributed by atoms with van der Waals surface area (Å²) in [7, 11) is 1.93. The molecule has 0 saturated heterocycles. The number of carboxylic acid groups (broad SMARTS) is 1. The van der Waals surface area contributed by atoms with Crippen LogP contribution in [0.4, 0.5) is 5.69 Å². The molecule has 1 aromatic rings. The van der Waals surface area contributed by atoms with E-state index in [4.69, 9.17) is 10.8 Å². The van der Waals surface area contributed by atoms with Gasteiger partial charge < -0.3 is 15.7 Å². The van der Waals surface area contributed by atoms with Crippen molar-refractivity contribution in [2.24, 2.45) is 5.73 Å². The van der Waals surface area contributed by atoms with E-state index >= 15 is 0 Å². The predicted molar refractivity (Wildman–Crippen MR) is 72.4 cm³/mol. The number of hydrogen-bond acceptors (Lipinski definition) is 3. The van der Waals surface area contributed by atoms with Gasteiger partial charge in [0.2, 0.25) is 0 Å². The summed E-state index contributed by atoms with van der Waals surface area (Å²) in [6.45, 7) is 2.64. The van der Waals surface area contributed by atoms with E-state index in [0.717, 1.165) is 15.7 Å². The van der Waals surface area contributed by atoms with Crippen LogP contribution in [0.3, 0.4) is 0 Å². The maximum atomic E-state index is 10.6. The van der Waals surface area contributed by atoms with Gasteiger partial charge in [0.05, 0.1) is 0 Å². The summed E-state index contributed by atoms with van der Waals surface area (Å²) in [4.78, 5) is 12.6. The van der Waals surface area contributed by atoms with Crippen molar-refractivity contribution in [1.82, 2.24) is 0 Å². The summed E-state index contributed by atoms with van der Waals surface area (Å²) in [6, 6.07) is 5.22. The first-order chi connectivity index (χ1) is 7.91. The first-order valence-electron chi connectivity index (χ1n) is 5.37. The van der Waals surface area contributed by atoms with Crippen LogP contribution in [-0.2, 0) is 4.79 Å². The van der Waals surface area contributed by atoms with Gasteiger partial charge in [-0.05, 0) is 31.0 Å². The second-order valence-corrected chi connectivity index (χ2v) is 5.00. The first-order valence-corrected chi connectivity index (χ1v) is 6.17. The fourth-order valence-corrected chi connectivity index (χ4v) is 1.92. The monoisotopic (exact) mass is 300 g/mol. The van der Waals surface area contributed by atoms with Crippen molar-refractivity contribution >= 4 is 27.6 Å². The third kappa shape index (κ3) is 4.02. The molecule has 1 aromatic carbocycles. The highest BCUT2D eigenvalue weighted by atomic mass is 79.9. The lowest BCUT2D eigenvalue weighted by molar-refractivity contribution is -0.138. The molecule has 0 heterocycles. The van der Waals surface area contributed by atoms with E-state index in [2.05, 4.69) is 15.9 Å². The van der Waals surface area contributed by atoms with Gasteiger partial charge in [-0.1, -0.05) is 22.0 Å². The lowest BCUT2D eigenvalue weighted by atomic mass is 10.1. The van der Waals surface area contributed by atoms with Gasteiger partial charge in [0, 0.05) is 23.8 Å². The molecule has 0 bridgehead atoms. The normalized spacial score (nSPS) is 12.2. The molecular formula is C12H17BrN2O2. The van der Waals surface area contributed by atoms with E-state index < -0.39 is 12.0 Å². The van der Waals surface area contributed by atoms with Gasteiger partial charge in [0.15, 0.2) is 0 Å². The maximum absolute atomic E-state index is 10.6. The second-order valence-electron chi connectivity index (χ2n) is 4.09. The van der Waals surface area contributed by atoms with Crippen LogP contribution in [0.25, 0.3) is 0 Å². The Kier molecular flexibility index (Phi) is 4.96. The highest BCUT2D eigenvalue weighted by Gasteiger charge is 2.13. The van der Waals surface area contributed by atoms with Crippen molar-refractivity contribution in [2.75, 3.05) is 18.5 Å². The van der Waals surface area contributed by atoms with Gasteiger partial charge in [-0.25, -0.2) is 0 Å². The van der Waals surface area contributed by atoms with E-state index in [0.29, 0.717) is 13.0 Å². The zero-order valence-corrected chi connectivity index (χ0v) is 11.6. The average molecular weight is 301 g/mol. The van der Waals surface area contributed by atoms with Crippen LogP contribution in [0, 0.1) is 6.92 Å². The lowest BCUT2D eigenvalue weighted by Crippen LogP contribution is -2.34. The topological polar surface area (TPSA) is 66.6 Å². The Labute approximate surface area is 110 Å². The number of nitrogens with zero attached hydrogens (tertiary/aromatic N) is 1. The number of halogens is 1. The van der Waals surface area contributed by atoms with E-state index in [-0.39, 0.29) is 0 Å². The molecule has 0 aliphatic heterocycles. The summed E-state index contributed by atoms with van der Waals surface area (Å²) >= 11 is 3.42. The molecule has 0 fully saturated rings. The van der Waals surface area contributed by atoms with Crippen LogP contribution in [0.2, 0.25) is 0 Å². The number of benzene rings is 1. The fourth-order valence-electron chi connectivity index (χ4n) is 1.57. The van der Waals surface area contributed by atoms with Gasteiger partial charge in [-0.3, -0.25) is 4.79 Å². The third-order valence-corrected chi connectivity index (χ3v) is 3.17. The highest BCUT2D eigenvalue weighted by molar-refractivity contribution is 9.10. The molecule has 3 N–H and O–H groups in total. The van der Waals surface area contributed by atoms with Crippen molar-refractivity contribution in [1.29, 1.82) is 0 Å². The van der Waals surface area contributed by atoms with Gasteiger partial charge >= 0.3 is 5.97 Å². The molecule has 1 unspecified atom stereocenters. The SMILES string of the molecule is Cc1ccc(Br)cc1N(C)CCC(N)C(=O)O. The number of hydrogen-bond donors (Lipinski definition) is 2. The summed E-state index contributed by atoms with van der Waals surface area (Å²) in [5.74, 6) is -0.954. The zero-order valence-electron chi connectivity index (χ0n) is 9.98. The largest absolute Gasteiger partial charge is 0.480 e. The van der Waals surface area contributed by atoms with Crippen molar-refractivity contribution in [3.05, 3.63) is 28.2 Å². The minimum Gasteiger partial charge on any atom is -0.480 e. The molecule has 0 radical (unpaired) electrons. The minimum absolute atomic E-state index is 0.428. The zero-order chi connectivity index (χ0) is 13.0. The molecule has 0 aliphatic carbocycles. The smallest absolute Gasteiger partial charge is 0.320 e. The third-order valence-electron chi connectivity index (χ3n) is 2.68. The van der Waals surface area contributed by atoms with Crippen LogP contribution in [0.15, 0.2) is 22.7 Å². The van der Waals surface area contributed by atoms with E-state index in [1.165, 1.54) is 0 Å².